The third-order valence-electron chi connectivity index (χ3n) is 4.67. The lowest BCUT2D eigenvalue weighted by molar-refractivity contribution is -0.344. The second-order valence-electron chi connectivity index (χ2n) is 6.39. The number of pyridine rings is 1. The molecule has 0 amide bonds. The SMILES string of the molecule is Cc1ccc2[nH+]cc(C(=O)c3ccccc3)c(N3CCOCC3)c2c1. The van der Waals surface area contributed by atoms with Gasteiger partial charge in [-0.3, -0.25) is 4.79 Å². The Morgan fingerprint density at radius 1 is 1.08 bits per heavy atom. The van der Waals surface area contributed by atoms with E-state index in [0.717, 1.165) is 29.7 Å². The van der Waals surface area contributed by atoms with Gasteiger partial charge < -0.3 is 9.64 Å². The number of nitrogens with one attached hydrogen (secondary N) is 1. The number of aromatic amines is 1. The van der Waals surface area contributed by atoms with Crippen molar-refractivity contribution in [2.75, 3.05) is 31.2 Å². The standard InChI is InChI=1S/C21H20N2O2/c1-15-7-8-19-17(13-15)20(23-9-11-25-12-10-23)18(14-22-19)21(24)16-5-3-2-4-6-16/h2-8,13-14H,9-12H2,1H3/p+1. The minimum atomic E-state index is 0.0433. The van der Waals surface area contributed by atoms with Gasteiger partial charge in [0.1, 0.15) is 5.56 Å². The van der Waals surface area contributed by atoms with Crippen molar-refractivity contribution in [3.63, 3.8) is 0 Å². The normalized spacial score (nSPS) is 14.7. The van der Waals surface area contributed by atoms with Gasteiger partial charge in [-0.2, -0.15) is 0 Å². The van der Waals surface area contributed by atoms with Gasteiger partial charge in [-0.25, -0.2) is 4.98 Å². The van der Waals surface area contributed by atoms with Gasteiger partial charge in [-0.1, -0.05) is 36.4 Å². The van der Waals surface area contributed by atoms with Crippen molar-refractivity contribution in [2.45, 2.75) is 6.92 Å². The molecule has 0 bridgehead atoms. The topological polar surface area (TPSA) is 43.7 Å². The molecule has 4 heteroatoms. The number of rotatable bonds is 3. The lowest BCUT2D eigenvalue weighted by Gasteiger charge is -2.30. The van der Waals surface area contributed by atoms with Crippen LogP contribution in [0.15, 0.2) is 54.7 Å². The minimum Gasteiger partial charge on any atom is -0.378 e. The zero-order valence-electron chi connectivity index (χ0n) is 14.3. The van der Waals surface area contributed by atoms with Crippen molar-refractivity contribution in [1.29, 1.82) is 0 Å². The van der Waals surface area contributed by atoms with Crippen LogP contribution in [0.2, 0.25) is 0 Å². The van der Waals surface area contributed by atoms with Crippen LogP contribution in [0.1, 0.15) is 21.5 Å². The number of carbonyl (C=O) groups is 1. The average Bonchev–Trinajstić information content (AvgIpc) is 2.68. The molecule has 25 heavy (non-hydrogen) atoms. The highest BCUT2D eigenvalue weighted by Gasteiger charge is 2.25. The fourth-order valence-electron chi connectivity index (χ4n) is 3.39. The van der Waals surface area contributed by atoms with Crippen LogP contribution in [-0.4, -0.2) is 32.1 Å². The number of ether oxygens (including phenoxy) is 1. The highest BCUT2D eigenvalue weighted by atomic mass is 16.5. The summed E-state index contributed by atoms with van der Waals surface area (Å²) in [5.74, 6) is 0.0433. The summed E-state index contributed by atoms with van der Waals surface area (Å²) in [6, 6.07) is 15.8. The highest BCUT2D eigenvalue weighted by Crippen LogP contribution is 2.31. The molecule has 1 fully saturated rings. The number of anilines is 1. The molecule has 4 nitrogen and oxygen atoms in total. The molecule has 126 valence electrons. The van der Waals surface area contributed by atoms with Crippen molar-refractivity contribution >= 4 is 22.4 Å². The molecule has 1 N–H and O–H groups in total. The van der Waals surface area contributed by atoms with Gasteiger partial charge in [-0.15, -0.1) is 0 Å². The van der Waals surface area contributed by atoms with E-state index >= 15 is 0 Å². The van der Waals surface area contributed by atoms with Crippen molar-refractivity contribution in [3.05, 3.63) is 71.4 Å². The van der Waals surface area contributed by atoms with Crippen LogP contribution in [0, 0.1) is 6.92 Å². The van der Waals surface area contributed by atoms with Gasteiger partial charge in [0, 0.05) is 24.7 Å². The van der Waals surface area contributed by atoms with E-state index in [1.165, 1.54) is 5.56 Å². The lowest BCUT2D eigenvalue weighted by atomic mass is 9.99. The summed E-state index contributed by atoms with van der Waals surface area (Å²) < 4.78 is 5.51. The summed E-state index contributed by atoms with van der Waals surface area (Å²) in [6.07, 6.45) is 1.85. The first-order valence-corrected chi connectivity index (χ1v) is 8.61. The van der Waals surface area contributed by atoms with Gasteiger partial charge in [0.15, 0.2) is 6.20 Å². The van der Waals surface area contributed by atoms with Crippen molar-refractivity contribution in [2.24, 2.45) is 0 Å². The molecule has 0 unspecified atom stereocenters. The summed E-state index contributed by atoms with van der Waals surface area (Å²) in [5, 5.41) is 1.09. The Kier molecular flexibility index (Phi) is 4.20. The molecule has 1 aliphatic heterocycles. The van der Waals surface area contributed by atoms with Gasteiger partial charge >= 0.3 is 0 Å². The van der Waals surface area contributed by atoms with Crippen molar-refractivity contribution < 1.29 is 14.5 Å². The van der Waals surface area contributed by atoms with E-state index in [4.69, 9.17) is 4.74 Å². The smallest absolute Gasteiger partial charge is 0.212 e. The number of hydrogen-bond acceptors (Lipinski definition) is 3. The maximum Gasteiger partial charge on any atom is 0.212 e. The number of fused-ring (bicyclic) bond motifs is 1. The molecule has 4 rings (SSSR count). The number of H-pyrrole nitrogens is 1. The molecular weight excluding hydrogens is 312 g/mol. The molecule has 1 aromatic heterocycles. The quantitative estimate of drug-likeness (QED) is 0.692. The van der Waals surface area contributed by atoms with E-state index in [-0.39, 0.29) is 5.78 Å². The number of benzene rings is 2. The molecule has 0 radical (unpaired) electrons. The molecule has 0 aliphatic carbocycles. The van der Waals surface area contributed by atoms with E-state index in [0.29, 0.717) is 24.3 Å². The molecule has 1 aliphatic rings. The van der Waals surface area contributed by atoms with Crippen molar-refractivity contribution in [3.8, 4) is 0 Å². The number of morpholine rings is 1. The Morgan fingerprint density at radius 3 is 2.60 bits per heavy atom. The molecule has 0 atom stereocenters. The first-order valence-electron chi connectivity index (χ1n) is 8.61. The highest BCUT2D eigenvalue weighted by molar-refractivity contribution is 6.15. The molecule has 2 heterocycles. The van der Waals surface area contributed by atoms with Crippen LogP contribution in [0.25, 0.3) is 10.9 Å². The fraction of sp³-hybridized carbons (Fsp3) is 0.238. The maximum absolute atomic E-state index is 13.2. The molecule has 3 aromatic rings. The molecule has 0 spiro atoms. The van der Waals surface area contributed by atoms with E-state index in [1.54, 1.807) is 0 Å². The molecule has 0 saturated carbocycles. The zero-order valence-corrected chi connectivity index (χ0v) is 14.3. The summed E-state index contributed by atoms with van der Waals surface area (Å²) in [5.41, 5.74) is 4.65. The fourth-order valence-corrected chi connectivity index (χ4v) is 3.39. The number of nitrogens with zero attached hydrogens (tertiary/aromatic N) is 1. The number of carbonyl (C=O) groups excluding carboxylic acids is 1. The van der Waals surface area contributed by atoms with Crippen LogP contribution < -0.4 is 9.88 Å². The predicted octanol–water partition coefficient (Wildman–Crippen LogP) is 3.03. The average molecular weight is 333 g/mol. The van der Waals surface area contributed by atoms with E-state index in [2.05, 4.69) is 35.0 Å². The van der Waals surface area contributed by atoms with Crippen LogP contribution in [0.4, 0.5) is 5.69 Å². The Balaban J connectivity index is 1.92. The van der Waals surface area contributed by atoms with Gasteiger partial charge in [0.2, 0.25) is 11.3 Å². The molecular formula is C21H21N2O2+. The third kappa shape index (κ3) is 3.01. The number of ketones is 1. The number of hydrogen-bond donors (Lipinski definition) is 0. The van der Waals surface area contributed by atoms with E-state index < -0.39 is 0 Å². The Bertz CT molecular complexity index is 916. The monoisotopic (exact) mass is 333 g/mol. The first-order chi connectivity index (χ1) is 12.2. The van der Waals surface area contributed by atoms with Crippen LogP contribution >= 0.6 is 0 Å². The number of aromatic nitrogens is 1. The van der Waals surface area contributed by atoms with Crippen LogP contribution in [0.3, 0.4) is 0 Å². The molecule has 1 saturated heterocycles. The second kappa shape index (κ2) is 6.65. The van der Waals surface area contributed by atoms with E-state index in [9.17, 15) is 4.79 Å². The Hall–Kier alpha value is -2.72. The minimum absolute atomic E-state index is 0.0433. The summed E-state index contributed by atoms with van der Waals surface area (Å²) in [6.45, 7) is 5.04. The second-order valence-corrected chi connectivity index (χ2v) is 6.39. The summed E-state index contributed by atoms with van der Waals surface area (Å²) in [7, 11) is 0. The van der Waals surface area contributed by atoms with Gasteiger partial charge in [0.25, 0.3) is 0 Å². The third-order valence-corrected chi connectivity index (χ3v) is 4.67. The lowest BCUT2D eigenvalue weighted by Crippen LogP contribution is -2.37. The van der Waals surface area contributed by atoms with Crippen LogP contribution in [-0.2, 0) is 4.74 Å². The zero-order chi connectivity index (χ0) is 17.2. The summed E-state index contributed by atoms with van der Waals surface area (Å²) in [4.78, 5) is 18.7. The Morgan fingerprint density at radius 2 is 1.84 bits per heavy atom. The van der Waals surface area contributed by atoms with Crippen molar-refractivity contribution in [1.82, 2.24) is 0 Å². The largest absolute Gasteiger partial charge is 0.378 e. The Labute approximate surface area is 147 Å². The van der Waals surface area contributed by atoms with Crippen LogP contribution in [0.5, 0.6) is 0 Å². The number of aryl methyl sites for hydroxylation is 1. The summed E-state index contributed by atoms with van der Waals surface area (Å²) >= 11 is 0. The molecule has 2 aromatic carbocycles. The maximum atomic E-state index is 13.2. The van der Waals surface area contributed by atoms with Gasteiger partial charge in [0.05, 0.1) is 24.3 Å². The first kappa shape index (κ1) is 15.8. The van der Waals surface area contributed by atoms with Gasteiger partial charge in [-0.05, 0) is 18.6 Å². The predicted molar refractivity (Wildman–Crippen MR) is 98.1 cm³/mol. The van der Waals surface area contributed by atoms with E-state index in [1.807, 2.05) is 36.5 Å².